The van der Waals surface area contributed by atoms with Crippen molar-refractivity contribution in [3.05, 3.63) is 18.5 Å². The van der Waals surface area contributed by atoms with Crippen molar-refractivity contribution in [1.82, 2.24) is 20.2 Å². The fraction of sp³-hybridized carbons (Fsp3) is 0.667. The molecule has 0 saturated carbocycles. The van der Waals surface area contributed by atoms with Crippen LogP contribution in [0.2, 0.25) is 0 Å². The van der Waals surface area contributed by atoms with Crippen molar-refractivity contribution < 1.29 is 17.9 Å². The molecule has 1 aliphatic heterocycles. The summed E-state index contributed by atoms with van der Waals surface area (Å²) in [5, 5.41) is 3.16. The normalized spacial score (nSPS) is 16.2. The zero-order valence-electron chi connectivity index (χ0n) is 14.2. The number of halogens is 3. The van der Waals surface area contributed by atoms with Crippen molar-refractivity contribution in [3.63, 3.8) is 0 Å². The van der Waals surface area contributed by atoms with E-state index in [1.54, 1.807) is 25.5 Å². The number of ether oxygens (including phenoxy) is 1. The topological polar surface area (TPSA) is 65.9 Å². The zero-order chi connectivity index (χ0) is 18.1. The summed E-state index contributed by atoms with van der Waals surface area (Å²) in [7, 11) is 1.69. The fourth-order valence-electron chi connectivity index (χ4n) is 2.47. The summed E-state index contributed by atoms with van der Waals surface area (Å²) < 4.78 is 40.5. The van der Waals surface area contributed by atoms with Crippen LogP contribution in [0.1, 0.15) is 6.42 Å². The molecule has 0 atom stereocenters. The van der Waals surface area contributed by atoms with Crippen LogP contribution >= 0.6 is 0 Å². The third kappa shape index (κ3) is 6.73. The summed E-state index contributed by atoms with van der Waals surface area (Å²) in [6, 6.07) is 1.78. The van der Waals surface area contributed by atoms with E-state index in [4.69, 9.17) is 0 Å². The highest BCUT2D eigenvalue weighted by Gasteiger charge is 2.27. The van der Waals surface area contributed by atoms with Gasteiger partial charge in [-0.3, -0.25) is 4.99 Å². The van der Waals surface area contributed by atoms with Gasteiger partial charge in [-0.05, 0) is 12.5 Å². The number of nitrogens with one attached hydrogen (secondary N) is 1. The molecule has 1 saturated heterocycles. The predicted molar refractivity (Wildman–Crippen MR) is 88.7 cm³/mol. The molecule has 1 aliphatic rings. The molecule has 1 aromatic rings. The molecule has 0 bridgehead atoms. The van der Waals surface area contributed by atoms with Gasteiger partial charge in [0.15, 0.2) is 5.96 Å². The van der Waals surface area contributed by atoms with E-state index in [0.29, 0.717) is 18.9 Å². The van der Waals surface area contributed by atoms with Gasteiger partial charge in [0.05, 0.1) is 0 Å². The molecule has 25 heavy (non-hydrogen) atoms. The zero-order valence-corrected chi connectivity index (χ0v) is 14.2. The molecular formula is C15H23F3N6O. The Hall–Kier alpha value is -2.10. The van der Waals surface area contributed by atoms with Crippen LogP contribution in [0.4, 0.5) is 19.1 Å². The monoisotopic (exact) mass is 360 g/mol. The predicted octanol–water partition coefficient (Wildman–Crippen LogP) is 1.14. The van der Waals surface area contributed by atoms with Crippen molar-refractivity contribution in [3.8, 4) is 0 Å². The molecule has 1 N–H and O–H groups in total. The van der Waals surface area contributed by atoms with Gasteiger partial charge in [0.25, 0.3) is 0 Å². The number of hydrogen-bond donors (Lipinski definition) is 1. The van der Waals surface area contributed by atoms with Crippen LogP contribution in [0, 0.1) is 0 Å². The summed E-state index contributed by atoms with van der Waals surface area (Å²) in [6.45, 7) is 2.45. The summed E-state index contributed by atoms with van der Waals surface area (Å²) in [5.74, 6) is 1.45. The lowest BCUT2D eigenvalue weighted by molar-refractivity contribution is -0.173. The number of guanidine groups is 1. The molecule has 2 heterocycles. The van der Waals surface area contributed by atoms with Gasteiger partial charge >= 0.3 is 6.18 Å². The molecule has 10 heteroatoms. The molecule has 1 aromatic heterocycles. The highest BCUT2D eigenvalue weighted by molar-refractivity contribution is 5.80. The van der Waals surface area contributed by atoms with Gasteiger partial charge in [-0.15, -0.1) is 0 Å². The molecule has 7 nitrogen and oxygen atoms in total. The van der Waals surface area contributed by atoms with Gasteiger partial charge in [-0.2, -0.15) is 13.2 Å². The van der Waals surface area contributed by atoms with E-state index in [2.05, 4.69) is 34.8 Å². The summed E-state index contributed by atoms with van der Waals surface area (Å²) in [6.07, 6.45) is -0.357. The lowest BCUT2D eigenvalue weighted by Gasteiger charge is -2.36. The first-order chi connectivity index (χ1) is 12.0. The van der Waals surface area contributed by atoms with Crippen molar-refractivity contribution in [1.29, 1.82) is 0 Å². The Labute approximate surface area is 144 Å². The first kappa shape index (κ1) is 19.2. The summed E-state index contributed by atoms with van der Waals surface area (Å²) in [4.78, 5) is 16.9. The smallest absolute Gasteiger partial charge is 0.372 e. The number of rotatable bonds is 6. The Morgan fingerprint density at radius 1 is 1.24 bits per heavy atom. The van der Waals surface area contributed by atoms with Crippen molar-refractivity contribution in [2.45, 2.75) is 12.6 Å². The molecule has 1 fully saturated rings. The molecule has 0 amide bonds. The summed E-state index contributed by atoms with van der Waals surface area (Å²) >= 11 is 0. The number of aliphatic imine (C=N–C) groups is 1. The lowest BCUT2D eigenvalue weighted by atomic mass is 10.3. The van der Waals surface area contributed by atoms with Crippen LogP contribution in [0.25, 0.3) is 0 Å². The van der Waals surface area contributed by atoms with Crippen molar-refractivity contribution in [2.75, 3.05) is 57.9 Å². The molecule has 0 radical (unpaired) electrons. The quantitative estimate of drug-likeness (QED) is 0.466. The van der Waals surface area contributed by atoms with E-state index in [-0.39, 0.29) is 6.61 Å². The minimum Gasteiger partial charge on any atom is -0.372 e. The Morgan fingerprint density at radius 3 is 2.52 bits per heavy atom. The van der Waals surface area contributed by atoms with Gasteiger partial charge in [0, 0.05) is 58.8 Å². The largest absolute Gasteiger partial charge is 0.411 e. The van der Waals surface area contributed by atoms with Gasteiger partial charge in [0.1, 0.15) is 6.61 Å². The van der Waals surface area contributed by atoms with Gasteiger partial charge in [-0.1, -0.05) is 0 Å². The van der Waals surface area contributed by atoms with Crippen LogP contribution in [-0.2, 0) is 4.74 Å². The average molecular weight is 360 g/mol. The van der Waals surface area contributed by atoms with E-state index < -0.39 is 12.8 Å². The molecule has 0 unspecified atom stereocenters. The minimum absolute atomic E-state index is 0.0582. The number of aromatic nitrogens is 2. The second kappa shape index (κ2) is 9.40. The van der Waals surface area contributed by atoms with E-state index in [1.165, 1.54) is 0 Å². The van der Waals surface area contributed by atoms with Gasteiger partial charge < -0.3 is 19.9 Å². The number of nitrogens with zero attached hydrogens (tertiary/aromatic N) is 5. The molecular weight excluding hydrogens is 337 g/mol. The molecule has 140 valence electrons. The van der Waals surface area contributed by atoms with Crippen LogP contribution in [-0.4, -0.2) is 80.0 Å². The van der Waals surface area contributed by atoms with Crippen molar-refractivity contribution >= 4 is 11.9 Å². The Balaban J connectivity index is 1.67. The molecule has 0 spiro atoms. The maximum atomic E-state index is 12.0. The SMILES string of the molecule is CN=C(NCCCOCC(F)(F)F)N1CCN(c2ncccn2)CC1. The molecule has 0 aliphatic carbocycles. The number of alkyl halides is 3. The van der Waals surface area contributed by atoms with Crippen LogP contribution in [0.5, 0.6) is 0 Å². The van der Waals surface area contributed by atoms with Crippen molar-refractivity contribution in [2.24, 2.45) is 4.99 Å². The summed E-state index contributed by atoms with van der Waals surface area (Å²) in [5.41, 5.74) is 0. The van der Waals surface area contributed by atoms with Crippen LogP contribution < -0.4 is 10.2 Å². The number of piperazine rings is 1. The minimum atomic E-state index is -4.27. The Kier molecular flexibility index (Phi) is 7.23. The first-order valence-electron chi connectivity index (χ1n) is 8.11. The van der Waals surface area contributed by atoms with Gasteiger partial charge in [-0.25, -0.2) is 9.97 Å². The highest BCUT2D eigenvalue weighted by Crippen LogP contribution is 2.14. The van der Waals surface area contributed by atoms with E-state index in [1.807, 2.05) is 0 Å². The average Bonchev–Trinajstić information content (AvgIpc) is 2.61. The lowest BCUT2D eigenvalue weighted by Crippen LogP contribution is -2.53. The number of hydrogen-bond acceptors (Lipinski definition) is 5. The first-order valence-corrected chi connectivity index (χ1v) is 8.11. The Bertz CT molecular complexity index is 532. The van der Waals surface area contributed by atoms with E-state index >= 15 is 0 Å². The third-order valence-corrected chi connectivity index (χ3v) is 3.64. The Morgan fingerprint density at radius 2 is 1.92 bits per heavy atom. The number of anilines is 1. The third-order valence-electron chi connectivity index (χ3n) is 3.64. The second-order valence-electron chi connectivity index (χ2n) is 5.52. The molecule has 0 aromatic carbocycles. The standard InChI is InChI=1S/C15H23F3N6O/c1-19-13(20-6-3-11-25-12-15(16,17)18)23-7-9-24(10-8-23)14-21-4-2-5-22-14/h2,4-5H,3,6-12H2,1H3,(H,19,20). The maximum absolute atomic E-state index is 12.0. The van der Waals surface area contributed by atoms with Crippen LogP contribution in [0.3, 0.4) is 0 Å². The molecule has 2 rings (SSSR count). The van der Waals surface area contributed by atoms with Gasteiger partial charge in [0.2, 0.25) is 5.95 Å². The van der Waals surface area contributed by atoms with E-state index in [0.717, 1.165) is 32.1 Å². The van der Waals surface area contributed by atoms with Crippen LogP contribution in [0.15, 0.2) is 23.5 Å². The highest BCUT2D eigenvalue weighted by atomic mass is 19.4. The fourth-order valence-corrected chi connectivity index (χ4v) is 2.47. The maximum Gasteiger partial charge on any atom is 0.411 e. The second-order valence-corrected chi connectivity index (χ2v) is 5.52. The van der Waals surface area contributed by atoms with E-state index in [9.17, 15) is 13.2 Å².